The van der Waals surface area contributed by atoms with Gasteiger partial charge in [0, 0.05) is 4.90 Å². The maximum atomic E-state index is 12.1. The van der Waals surface area contributed by atoms with Crippen molar-refractivity contribution in [1.29, 1.82) is 0 Å². The Morgan fingerprint density at radius 3 is 2.86 bits per heavy atom. The maximum Gasteiger partial charge on any atom is 0.234 e. The average Bonchev–Trinajstić information content (AvgIpc) is 3.00. The van der Waals surface area contributed by atoms with Gasteiger partial charge in [0.1, 0.15) is 5.52 Å². The zero-order valence-corrected chi connectivity index (χ0v) is 13.3. The third-order valence-corrected chi connectivity index (χ3v) is 5.00. The van der Waals surface area contributed by atoms with Crippen molar-refractivity contribution in [1.82, 2.24) is 4.98 Å². The van der Waals surface area contributed by atoms with Crippen LogP contribution in [0.25, 0.3) is 10.2 Å². The third kappa shape index (κ3) is 3.37. The predicted octanol–water partition coefficient (Wildman–Crippen LogP) is 4.68. The molecular weight excluding hydrogens is 324 g/mol. The van der Waals surface area contributed by atoms with E-state index in [2.05, 4.69) is 10.3 Å². The first-order valence-corrected chi connectivity index (χ1v) is 8.48. The summed E-state index contributed by atoms with van der Waals surface area (Å²) >= 11 is 9.05. The molecule has 3 rings (SSSR count). The Morgan fingerprint density at radius 1 is 1.24 bits per heavy atom. The van der Waals surface area contributed by atoms with Gasteiger partial charge < -0.3 is 5.32 Å². The molecular formula is C15H11ClN2OS2. The molecule has 1 heterocycles. The van der Waals surface area contributed by atoms with Crippen LogP contribution in [0.15, 0.2) is 52.9 Å². The summed E-state index contributed by atoms with van der Waals surface area (Å²) in [5.41, 5.74) is 3.22. The minimum absolute atomic E-state index is 0.0409. The molecule has 1 N–H and O–H groups in total. The molecule has 1 amide bonds. The zero-order valence-electron chi connectivity index (χ0n) is 10.9. The van der Waals surface area contributed by atoms with E-state index in [-0.39, 0.29) is 5.91 Å². The molecule has 106 valence electrons. The van der Waals surface area contributed by atoms with Crippen molar-refractivity contribution in [2.45, 2.75) is 4.90 Å². The number of amides is 1. The molecule has 3 nitrogen and oxygen atoms in total. The lowest BCUT2D eigenvalue weighted by atomic mass is 10.3. The molecule has 0 spiro atoms. The van der Waals surface area contributed by atoms with Crippen LogP contribution in [0.2, 0.25) is 5.02 Å². The van der Waals surface area contributed by atoms with Crippen molar-refractivity contribution >= 4 is 56.5 Å². The molecule has 0 aliphatic carbocycles. The largest absolute Gasteiger partial charge is 0.324 e. The first-order valence-electron chi connectivity index (χ1n) is 6.23. The van der Waals surface area contributed by atoms with Gasteiger partial charge in [0.2, 0.25) is 5.91 Å². The second kappa shape index (κ2) is 6.47. The number of thiazole rings is 1. The van der Waals surface area contributed by atoms with Crippen molar-refractivity contribution in [2.24, 2.45) is 0 Å². The monoisotopic (exact) mass is 334 g/mol. The van der Waals surface area contributed by atoms with E-state index < -0.39 is 0 Å². The van der Waals surface area contributed by atoms with E-state index in [1.165, 1.54) is 23.1 Å². The Bertz CT molecular complexity index is 774. The summed E-state index contributed by atoms with van der Waals surface area (Å²) in [6, 6.07) is 13.4. The molecule has 1 aromatic heterocycles. The highest BCUT2D eigenvalue weighted by Gasteiger charge is 2.10. The highest BCUT2D eigenvalue weighted by Crippen LogP contribution is 2.32. The molecule has 0 bridgehead atoms. The molecule has 0 aliphatic rings. The molecule has 0 aliphatic heterocycles. The van der Waals surface area contributed by atoms with Crippen LogP contribution in [0.5, 0.6) is 0 Å². The van der Waals surface area contributed by atoms with Gasteiger partial charge in [-0.25, -0.2) is 4.98 Å². The Balaban J connectivity index is 1.69. The molecule has 0 saturated carbocycles. The van der Waals surface area contributed by atoms with Crippen molar-refractivity contribution in [3.05, 3.63) is 53.0 Å². The highest BCUT2D eigenvalue weighted by atomic mass is 35.5. The fourth-order valence-corrected chi connectivity index (χ4v) is 3.63. The summed E-state index contributed by atoms with van der Waals surface area (Å²) in [6.07, 6.45) is 0. The number of halogens is 1. The number of nitrogens with zero attached hydrogens (tertiary/aromatic N) is 1. The van der Waals surface area contributed by atoms with Crippen LogP contribution in [-0.4, -0.2) is 16.6 Å². The summed E-state index contributed by atoms with van der Waals surface area (Å²) in [4.78, 5) is 17.3. The van der Waals surface area contributed by atoms with Gasteiger partial charge in [-0.05, 0) is 24.3 Å². The van der Waals surface area contributed by atoms with E-state index in [9.17, 15) is 4.79 Å². The lowest BCUT2D eigenvalue weighted by Crippen LogP contribution is -2.14. The zero-order chi connectivity index (χ0) is 14.7. The van der Waals surface area contributed by atoms with E-state index in [4.69, 9.17) is 11.6 Å². The number of rotatable bonds is 4. The molecule has 0 unspecified atom stereocenters. The minimum atomic E-state index is -0.0409. The van der Waals surface area contributed by atoms with Gasteiger partial charge in [0.15, 0.2) is 0 Å². The molecule has 0 radical (unpaired) electrons. The van der Waals surface area contributed by atoms with Crippen LogP contribution in [0.4, 0.5) is 5.69 Å². The molecule has 0 fully saturated rings. The Hall–Kier alpha value is -1.56. The number of fused-ring (bicyclic) bond motifs is 1. The van der Waals surface area contributed by atoms with Crippen molar-refractivity contribution < 1.29 is 4.79 Å². The molecule has 0 saturated heterocycles. The van der Waals surface area contributed by atoms with Gasteiger partial charge in [0.05, 0.1) is 26.7 Å². The fraction of sp³-hybridized carbons (Fsp3) is 0.0667. The van der Waals surface area contributed by atoms with Crippen molar-refractivity contribution in [3.63, 3.8) is 0 Å². The number of hydrogen-bond donors (Lipinski definition) is 1. The average molecular weight is 335 g/mol. The second-order valence-electron chi connectivity index (χ2n) is 4.27. The van der Waals surface area contributed by atoms with Crippen LogP contribution in [0.1, 0.15) is 0 Å². The van der Waals surface area contributed by atoms with E-state index in [1.807, 2.05) is 36.4 Å². The van der Waals surface area contributed by atoms with Crippen LogP contribution in [0.3, 0.4) is 0 Å². The molecule has 6 heteroatoms. The number of nitrogens with one attached hydrogen (secondary N) is 1. The summed E-state index contributed by atoms with van der Waals surface area (Å²) in [7, 11) is 0. The summed E-state index contributed by atoms with van der Waals surface area (Å²) in [5, 5.41) is 3.52. The first-order chi connectivity index (χ1) is 10.2. The lowest BCUT2D eigenvalue weighted by Gasteiger charge is -2.06. The number of carbonyl (C=O) groups is 1. The van der Waals surface area contributed by atoms with Crippen LogP contribution in [-0.2, 0) is 4.79 Å². The second-order valence-corrected chi connectivity index (χ2v) is 6.59. The number of thioether (sulfide) groups is 1. The van der Waals surface area contributed by atoms with E-state index >= 15 is 0 Å². The molecule has 2 aromatic carbocycles. The summed E-state index contributed by atoms with van der Waals surface area (Å²) in [5.74, 6) is 0.327. The van der Waals surface area contributed by atoms with Crippen molar-refractivity contribution in [3.8, 4) is 0 Å². The lowest BCUT2D eigenvalue weighted by molar-refractivity contribution is -0.113. The number of anilines is 1. The van der Waals surface area contributed by atoms with Gasteiger partial charge in [-0.3, -0.25) is 4.79 Å². The third-order valence-electron chi connectivity index (χ3n) is 2.82. The summed E-state index contributed by atoms with van der Waals surface area (Å²) < 4.78 is 0.903. The standard InChI is InChI=1S/C15H11ClN2OS2/c16-11-6-7-12(15-14(11)17-9-21-15)18-13(19)8-20-10-4-2-1-3-5-10/h1-7,9H,8H2,(H,18,19). The van der Waals surface area contributed by atoms with Gasteiger partial charge >= 0.3 is 0 Å². The van der Waals surface area contributed by atoms with Gasteiger partial charge in [-0.15, -0.1) is 23.1 Å². The van der Waals surface area contributed by atoms with Crippen LogP contribution >= 0.6 is 34.7 Å². The summed E-state index contributed by atoms with van der Waals surface area (Å²) in [6.45, 7) is 0. The van der Waals surface area contributed by atoms with Crippen LogP contribution in [0, 0.1) is 0 Å². The maximum absolute atomic E-state index is 12.1. The molecule has 0 atom stereocenters. The highest BCUT2D eigenvalue weighted by molar-refractivity contribution is 8.00. The first kappa shape index (κ1) is 14.4. The van der Waals surface area contributed by atoms with E-state index in [0.29, 0.717) is 10.8 Å². The Kier molecular flexibility index (Phi) is 4.43. The Labute approximate surface area is 135 Å². The topological polar surface area (TPSA) is 42.0 Å². The van der Waals surface area contributed by atoms with Crippen LogP contribution < -0.4 is 5.32 Å². The number of hydrogen-bond acceptors (Lipinski definition) is 4. The smallest absolute Gasteiger partial charge is 0.234 e. The van der Waals surface area contributed by atoms with E-state index in [0.717, 1.165) is 20.8 Å². The van der Waals surface area contributed by atoms with Gasteiger partial charge in [-0.1, -0.05) is 29.8 Å². The molecule has 21 heavy (non-hydrogen) atoms. The van der Waals surface area contributed by atoms with Gasteiger partial charge in [-0.2, -0.15) is 0 Å². The minimum Gasteiger partial charge on any atom is -0.324 e. The number of aromatic nitrogens is 1. The molecule has 3 aromatic rings. The predicted molar refractivity (Wildman–Crippen MR) is 90.4 cm³/mol. The SMILES string of the molecule is O=C(CSc1ccccc1)Nc1ccc(Cl)c2ncsc12. The fourth-order valence-electron chi connectivity index (χ4n) is 1.87. The van der Waals surface area contributed by atoms with E-state index in [1.54, 1.807) is 11.6 Å². The number of benzene rings is 2. The van der Waals surface area contributed by atoms with Crippen molar-refractivity contribution in [2.75, 3.05) is 11.1 Å². The Morgan fingerprint density at radius 2 is 2.05 bits per heavy atom. The number of carbonyl (C=O) groups excluding carboxylic acids is 1. The van der Waals surface area contributed by atoms with Gasteiger partial charge in [0.25, 0.3) is 0 Å². The quantitative estimate of drug-likeness (QED) is 0.704. The normalized spacial score (nSPS) is 10.7.